The van der Waals surface area contributed by atoms with E-state index in [9.17, 15) is 19.2 Å². The average molecular weight is 459 g/mol. The maximum Gasteiger partial charge on any atom is 0.341 e. The largest absolute Gasteiger partial charge is 0.462 e. The van der Waals surface area contributed by atoms with Crippen LogP contribution in [0.25, 0.3) is 0 Å². The summed E-state index contributed by atoms with van der Waals surface area (Å²) in [5.41, 5.74) is 2.16. The maximum atomic E-state index is 12.3. The first kappa shape index (κ1) is 23.5. The lowest BCUT2D eigenvalue weighted by molar-refractivity contribution is -0.147. The SMILES string of the molecule is CCOC(=O)c1c(C2CC2)csc1NC(=O)COC(=O)CCNC(=O)Cc1ccccc1. The number of nitrogens with one attached hydrogen (secondary N) is 2. The number of benzene rings is 1. The molecule has 2 amide bonds. The van der Waals surface area contributed by atoms with Gasteiger partial charge in [-0.1, -0.05) is 30.3 Å². The number of carbonyl (C=O) groups excluding carboxylic acids is 4. The average Bonchev–Trinajstić information content (AvgIpc) is 3.53. The first-order chi connectivity index (χ1) is 15.5. The molecule has 1 aliphatic carbocycles. The van der Waals surface area contributed by atoms with Gasteiger partial charge in [0.1, 0.15) is 5.00 Å². The van der Waals surface area contributed by atoms with Crippen molar-refractivity contribution >= 4 is 40.1 Å². The topological polar surface area (TPSA) is 111 Å². The summed E-state index contributed by atoms with van der Waals surface area (Å²) in [6, 6.07) is 9.27. The van der Waals surface area contributed by atoms with Crippen LogP contribution in [0.4, 0.5) is 5.00 Å². The molecule has 0 radical (unpaired) electrons. The van der Waals surface area contributed by atoms with Crippen molar-refractivity contribution in [2.24, 2.45) is 0 Å². The predicted molar refractivity (Wildman–Crippen MR) is 120 cm³/mol. The fourth-order valence-electron chi connectivity index (χ4n) is 3.10. The van der Waals surface area contributed by atoms with Gasteiger partial charge in [0.05, 0.1) is 25.0 Å². The third kappa shape index (κ3) is 6.91. The molecule has 1 heterocycles. The zero-order chi connectivity index (χ0) is 22.9. The van der Waals surface area contributed by atoms with E-state index in [0.717, 1.165) is 24.0 Å². The second-order valence-electron chi connectivity index (χ2n) is 7.36. The van der Waals surface area contributed by atoms with Gasteiger partial charge in [-0.3, -0.25) is 14.4 Å². The lowest BCUT2D eigenvalue weighted by Crippen LogP contribution is -2.28. The van der Waals surface area contributed by atoms with Crippen LogP contribution in [0.5, 0.6) is 0 Å². The predicted octanol–water partition coefficient (Wildman–Crippen LogP) is 3.03. The number of esters is 2. The van der Waals surface area contributed by atoms with Crippen LogP contribution in [0, 0.1) is 0 Å². The number of anilines is 1. The van der Waals surface area contributed by atoms with E-state index in [2.05, 4.69) is 10.6 Å². The van der Waals surface area contributed by atoms with Crippen molar-refractivity contribution < 1.29 is 28.7 Å². The van der Waals surface area contributed by atoms with Crippen LogP contribution in [-0.4, -0.2) is 43.5 Å². The summed E-state index contributed by atoms with van der Waals surface area (Å²) in [7, 11) is 0. The number of thiophene rings is 1. The summed E-state index contributed by atoms with van der Waals surface area (Å²) in [6.45, 7) is 1.61. The van der Waals surface area contributed by atoms with Crippen LogP contribution >= 0.6 is 11.3 Å². The summed E-state index contributed by atoms with van der Waals surface area (Å²) in [4.78, 5) is 48.3. The molecule has 8 nitrogen and oxygen atoms in total. The van der Waals surface area contributed by atoms with Gasteiger partial charge in [0, 0.05) is 6.54 Å². The first-order valence-corrected chi connectivity index (χ1v) is 11.4. The summed E-state index contributed by atoms with van der Waals surface area (Å²) < 4.78 is 10.1. The molecule has 2 N–H and O–H groups in total. The van der Waals surface area contributed by atoms with Crippen molar-refractivity contribution in [3.63, 3.8) is 0 Å². The van der Waals surface area contributed by atoms with Crippen LogP contribution in [0.1, 0.15) is 53.6 Å². The highest BCUT2D eigenvalue weighted by Gasteiger charge is 2.32. The van der Waals surface area contributed by atoms with Crippen LogP contribution in [0.3, 0.4) is 0 Å². The molecule has 1 aromatic carbocycles. The van der Waals surface area contributed by atoms with E-state index in [4.69, 9.17) is 9.47 Å². The summed E-state index contributed by atoms with van der Waals surface area (Å²) >= 11 is 1.26. The van der Waals surface area contributed by atoms with E-state index in [-0.39, 0.29) is 31.9 Å². The Kier molecular flexibility index (Phi) is 8.38. The van der Waals surface area contributed by atoms with E-state index in [1.54, 1.807) is 6.92 Å². The highest BCUT2D eigenvalue weighted by atomic mass is 32.1. The molecule has 3 rings (SSSR count). The molecular weight excluding hydrogens is 432 g/mol. The molecule has 1 saturated carbocycles. The molecule has 0 bridgehead atoms. The lowest BCUT2D eigenvalue weighted by Gasteiger charge is -2.09. The zero-order valence-corrected chi connectivity index (χ0v) is 18.7. The second kappa shape index (κ2) is 11.4. The van der Waals surface area contributed by atoms with E-state index < -0.39 is 24.5 Å². The van der Waals surface area contributed by atoms with Gasteiger partial charge in [-0.05, 0) is 42.2 Å². The fourth-order valence-corrected chi connectivity index (χ4v) is 4.15. The van der Waals surface area contributed by atoms with E-state index in [1.807, 2.05) is 35.7 Å². The van der Waals surface area contributed by atoms with E-state index in [1.165, 1.54) is 11.3 Å². The Morgan fingerprint density at radius 3 is 2.50 bits per heavy atom. The molecule has 1 aromatic heterocycles. The quantitative estimate of drug-likeness (QED) is 0.501. The molecule has 1 aliphatic rings. The van der Waals surface area contributed by atoms with Crippen molar-refractivity contribution in [3.8, 4) is 0 Å². The standard InChI is InChI=1S/C23H26N2O6S/c1-2-30-23(29)21-17(16-8-9-16)14-32-22(21)25-19(27)13-31-20(28)10-11-24-18(26)12-15-6-4-3-5-7-15/h3-7,14,16H,2,8-13H2,1H3,(H,24,26)(H,25,27). The zero-order valence-electron chi connectivity index (χ0n) is 17.8. The van der Waals surface area contributed by atoms with Crippen LogP contribution in [0.2, 0.25) is 0 Å². The summed E-state index contributed by atoms with van der Waals surface area (Å²) in [5, 5.41) is 7.56. The fraction of sp³-hybridized carbons (Fsp3) is 0.391. The Balaban J connectivity index is 1.40. The van der Waals surface area contributed by atoms with Gasteiger partial charge >= 0.3 is 11.9 Å². The van der Waals surface area contributed by atoms with E-state index >= 15 is 0 Å². The van der Waals surface area contributed by atoms with Crippen molar-refractivity contribution in [2.45, 2.75) is 38.5 Å². The molecule has 2 aromatic rings. The number of amides is 2. The van der Waals surface area contributed by atoms with Gasteiger partial charge < -0.3 is 20.1 Å². The molecule has 0 unspecified atom stereocenters. The van der Waals surface area contributed by atoms with Crippen molar-refractivity contribution in [3.05, 3.63) is 52.4 Å². The lowest BCUT2D eigenvalue weighted by atomic mass is 10.1. The molecule has 1 fully saturated rings. The smallest absolute Gasteiger partial charge is 0.341 e. The van der Waals surface area contributed by atoms with Crippen LogP contribution in [-0.2, 0) is 30.3 Å². The third-order valence-corrected chi connectivity index (χ3v) is 5.71. The van der Waals surface area contributed by atoms with Crippen molar-refractivity contribution in [2.75, 3.05) is 25.1 Å². The second-order valence-corrected chi connectivity index (χ2v) is 8.24. The Hall–Kier alpha value is -3.20. The van der Waals surface area contributed by atoms with Gasteiger partial charge in [-0.25, -0.2) is 4.79 Å². The molecule has 0 aliphatic heterocycles. The first-order valence-electron chi connectivity index (χ1n) is 10.5. The molecule has 32 heavy (non-hydrogen) atoms. The van der Waals surface area contributed by atoms with Crippen LogP contribution in [0.15, 0.2) is 35.7 Å². The van der Waals surface area contributed by atoms with Gasteiger partial charge in [0.2, 0.25) is 5.91 Å². The minimum atomic E-state index is -0.601. The van der Waals surface area contributed by atoms with Crippen molar-refractivity contribution in [1.82, 2.24) is 5.32 Å². The molecule has 170 valence electrons. The Morgan fingerprint density at radius 2 is 1.81 bits per heavy atom. The highest BCUT2D eigenvalue weighted by molar-refractivity contribution is 7.15. The monoisotopic (exact) mass is 458 g/mol. The Bertz CT molecular complexity index is 968. The molecule has 0 atom stereocenters. The van der Waals surface area contributed by atoms with Gasteiger partial charge in [0.15, 0.2) is 6.61 Å². The number of hydrogen-bond acceptors (Lipinski definition) is 7. The van der Waals surface area contributed by atoms with Crippen LogP contribution < -0.4 is 10.6 Å². The molecule has 0 spiro atoms. The Labute approximate surface area is 190 Å². The summed E-state index contributed by atoms with van der Waals surface area (Å²) in [6.07, 6.45) is 2.20. The number of ether oxygens (including phenoxy) is 2. The minimum absolute atomic E-state index is 0.0489. The van der Waals surface area contributed by atoms with Gasteiger partial charge in [-0.2, -0.15) is 0 Å². The van der Waals surface area contributed by atoms with Gasteiger partial charge in [0.25, 0.3) is 5.91 Å². The minimum Gasteiger partial charge on any atom is -0.462 e. The van der Waals surface area contributed by atoms with Crippen molar-refractivity contribution in [1.29, 1.82) is 0 Å². The molecular formula is C23H26N2O6S. The molecule has 9 heteroatoms. The third-order valence-electron chi connectivity index (χ3n) is 4.79. The number of rotatable bonds is 11. The van der Waals surface area contributed by atoms with Gasteiger partial charge in [-0.15, -0.1) is 11.3 Å². The number of carbonyl (C=O) groups is 4. The normalized spacial score (nSPS) is 12.7. The molecule has 0 saturated heterocycles. The summed E-state index contributed by atoms with van der Waals surface area (Å²) in [5.74, 6) is -1.48. The maximum absolute atomic E-state index is 12.3. The Morgan fingerprint density at radius 1 is 1.06 bits per heavy atom. The van der Waals surface area contributed by atoms with E-state index in [0.29, 0.717) is 16.5 Å². The number of hydrogen-bond donors (Lipinski definition) is 2. The highest BCUT2D eigenvalue weighted by Crippen LogP contribution is 2.46.